The van der Waals surface area contributed by atoms with Gasteiger partial charge in [0.2, 0.25) is 0 Å². The van der Waals surface area contributed by atoms with Gasteiger partial charge in [0.25, 0.3) is 0 Å². The van der Waals surface area contributed by atoms with Gasteiger partial charge >= 0.3 is 0 Å². The van der Waals surface area contributed by atoms with Crippen molar-refractivity contribution in [1.82, 2.24) is 4.98 Å². The third-order valence-corrected chi connectivity index (χ3v) is 4.64. The maximum absolute atomic E-state index is 5.83. The van der Waals surface area contributed by atoms with E-state index in [1.807, 2.05) is 54.8 Å². The van der Waals surface area contributed by atoms with E-state index in [1.165, 1.54) is 5.56 Å². The van der Waals surface area contributed by atoms with Crippen molar-refractivity contribution < 1.29 is 4.74 Å². The number of ether oxygens (including phenoxy) is 1. The molecule has 0 aliphatic rings. The van der Waals surface area contributed by atoms with Gasteiger partial charge in [-0.15, -0.1) is 11.3 Å². The largest absolute Gasteiger partial charge is 0.485 e. The lowest BCUT2D eigenvalue weighted by Gasteiger charge is -2.07. The van der Waals surface area contributed by atoms with Gasteiger partial charge in [0.05, 0.1) is 10.2 Å². The molecule has 5 heteroatoms. The van der Waals surface area contributed by atoms with Gasteiger partial charge in [0.1, 0.15) is 17.4 Å². The highest BCUT2D eigenvalue weighted by molar-refractivity contribution is 9.10. The minimum Gasteiger partial charge on any atom is -0.485 e. The second-order valence-corrected chi connectivity index (χ2v) is 6.77. The molecular weight excluding hydrogens is 360 g/mol. The molecule has 0 saturated heterocycles. The van der Waals surface area contributed by atoms with E-state index in [0.29, 0.717) is 6.61 Å². The Morgan fingerprint density at radius 1 is 1.18 bits per heavy atom. The maximum atomic E-state index is 5.83. The summed E-state index contributed by atoms with van der Waals surface area (Å²) in [7, 11) is 0. The van der Waals surface area contributed by atoms with Gasteiger partial charge in [-0.3, -0.25) is 0 Å². The first-order chi connectivity index (χ1) is 10.6. The second kappa shape index (κ2) is 6.50. The highest BCUT2D eigenvalue weighted by Crippen LogP contribution is 2.28. The Bertz CT molecular complexity index is 784. The maximum Gasteiger partial charge on any atom is 0.140 e. The van der Waals surface area contributed by atoms with Crippen molar-refractivity contribution in [2.75, 3.05) is 5.73 Å². The molecule has 0 aliphatic heterocycles. The van der Waals surface area contributed by atoms with E-state index < -0.39 is 0 Å². The third-order valence-electron chi connectivity index (χ3n) is 3.20. The summed E-state index contributed by atoms with van der Waals surface area (Å²) in [6, 6.07) is 13.8. The molecule has 2 aromatic carbocycles. The molecule has 22 heavy (non-hydrogen) atoms. The van der Waals surface area contributed by atoms with Gasteiger partial charge in [-0.05, 0) is 52.7 Å². The van der Waals surface area contributed by atoms with Crippen LogP contribution in [0.15, 0.2) is 52.3 Å². The molecule has 0 fully saturated rings. The zero-order chi connectivity index (χ0) is 15.5. The van der Waals surface area contributed by atoms with Crippen LogP contribution in [0.5, 0.6) is 5.75 Å². The topological polar surface area (TPSA) is 48.1 Å². The van der Waals surface area contributed by atoms with Crippen LogP contribution in [0.3, 0.4) is 0 Å². The van der Waals surface area contributed by atoms with Crippen LogP contribution in [0, 0.1) is 6.92 Å². The van der Waals surface area contributed by atoms with Crippen LogP contribution >= 0.6 is 27.3 Å². The second-order valence-electron chi connectivity index (χ2n) is 4.97. The molecule has 0 aliphatic carbocycles. The summed E-state index contributed by atoms with van der Waals surface area (Å²) in [5.41, 5.74) is 9.67. The molecule has 112 valence electrons. The Balaban J connectivity index is 1.70. The molecule has 0 atom stereocenters. The fourth-order valence-corrected chi connectivity index (χ4v) is 3.35. The summed E-state index contributed by atoms with van der Waals surface area (Å²) in [4.78, 5) is 4.61. The fraction of sp³-hybridized carbons (Fsp3) is 0.118. The van der Waals surface area contributed by atoms with E-state index in [0.717, 1.165) is 32.2 Å². The predicted octanol–water partition coefficient (Wildman–Crippen LogP) is 5.04. The number of thiazole rings is 1. The van der Waals surface area contributed by atoms with Crippen LogP contribution < -0.4 is 10.5 Å². The minimum absolute atomic E-state index is 0.460. The third kappa shape index (κ3) is 3.48. The zero-order valence-corrected chi connectivity index (χ0v) is 14.4. The quantitative estimate of drug-likeness (QED) is 0.650. The molecule has 3 rings (SSSR count). The molecule has 1 heterocycles. The van der Waals surface area contributed by atoms with E-state index in [-0.39, 0.29) is 0 Å². The van der Waals surface area contributed by atoms with Gasteiger partial charge in [-0.25, -0.2) is 4.98 Å². The smallest absolute Gasteiger partial charge is 0.140 e. The molecule has 0 spiro atoms. The Morgan fingerprint density at radius 2 is 1.95 bits per heavy atom. The molecule has 1 aromatic heterocycles. The van der Waals surface area contributed by atoms with Gasteiger partial charge in [0.15, 0.2) is 0 Å². The number of halogens is 1. The number of aryl methyl sites for hydroxylation is 1. The molecule has 3 nitrogen and oxygen atoms in total. The van der Waals surface area contributed by atoms with Crippen LogP contribution in [0.1, 0.15) is 10.6 Å². The number of nitrogens with two attached hydrogens (primary N) is 1. The van der Waals surface area contributed by atoms with Gasteiger partial charge in [0, 0.05) is 16.6 Å². The molecule has 0 bridgehead atoms. The summed E-state index contributed by atoms with van der Waals surface area (Å²) in [6.07, 6.45) is 0. The minimum atomic E-state index is 0.460. The Morgan fingerprint density at radius 3 is 2.68 bits per heavy atom. The van der Waals surface area contributed by atoms with E-state index in [9.17, 15) is 0 Å². The van der Waals surface area contributed by atoms with Crippen LogP contribution in [0.2, 0.25) is 0 Å². The Labute approximate surface area is 141 Å². The monoisotopic (exact) mass is 374 g/mol. The van der Waals surface area contributed by atoms with Crippen LogP contribution in [-0.4, -0.2) is 4.98 Å². The molecule has 0 unspecified atom stereocenters. The predicted molar refractivity (Wildman–Crippen MR) is 95.2 cm³/mol. The lowest BCUT2D eigenvalue weighted by atomic mass is 10.1. The van der Waals surface area contributed by atoms with Crippen LogP contribution in [0.4, 0.5) is 5.69 Å². The lowest BCUT2D eigenvalue weighted by Crippen LogP contribution is -1.96. The van der Waals surface area contributed by atoms with Crippen molar-refractivity contribution in [1.29, 1.82) is 0 Å². The first kappa shape index (κ1) is 15.1. The summed E-state index contributed by atoms with van der Waals surface area (Å²) in [5.74, 6) is 0.829. The zero-order valence-electron chi connectivity index (χ0n) is 12.0. The average Bonchev–Trinajstić information content (AvgIpc) is 2.96. The number of hydrogen-bond acceptors (Lipinski definition) is 4. The fourth-order valence-electron chi connectivity index (χ4n) is 2.03. The SMILES string of the molecule is Cc1ccc(OCc2nc(-c3ccc(N)cc3)cs2)c(Br)c1. The molecular formula is C17H15BrN2OS. The lowest BCUT2D eigenvalue weighted by molar-refractivity contribution is 0.303. The number of aromatic nitrogens is 1. The van der Waals surface area contributed by atoms with Crippen molar-refractivity contribution in [3.05, 3.63) is 62.9 Å². The molecule has 3 aromatic rings. The van der Waals surface area contributed by atoms with Gasteiger partial charge < -0.3 is 10.5 Å². The molecule has 0 saturated carbocycles. The normalized spacial score (nSPS) is 10.6. The summed E-state index contributed by atoms with van der Waals surface area (Å²) in [6.45, 7) is 2.51. The molecule has 0 radical (unpaired) electrons. The standard InChI is InChI=1S/C17H15BrN2OS/c1-11-2-7-16(14(18)8-11)21-9-17-20-15(10-22-17)12-3-5-13(19)6-4-12/h2-8,10H,9,19H2,1H3. The van der Waals surface area contributed by atoms with Crippen molar-refractivity contribution in [3.63, 3.8) is 0 Å². The van der Waals surface area contributed by atoms with Crippen LogP contribution in [0.25, 0.3) is 11.3 Å². The van der Waals surface area contributed by atoms with E-state index >= 15 is 0 Å². The highest BCUT2D eigenvalue weighted by atomic mass is 79.9. The van der Waals surface area contributed by atoms with E-state index in [2.05, 4.69) is 20.9 Å². The Hall–Kier alpha value is -1.85. The van der Waals surface area contributed by atoms with Gasteiger partial charge in [-0.2, -0.15) is 0 Å². The van der Waals surface area contributed by atoms with E-state index in [4.69, 9.17) is 10.5 Å². The first-order valence-corrected chi connectivity index (χ1v) is 8.48. The van der Waals surface area contributed by atoms with E-state index in [1.54, 1.807) is 11.3 Å². The summed E-state index contributed by atoms with van der Waals surface area (Å²) in [5, 5.41) is 2.98. The molecule has 0 amide bonds. The first-order valence-electron chi connectivity index (χ1n) is 6.81. The number of nitrogens with zero attached hydrogens (tertiary/aromatic N) is 1. The van der Waals surface area contributed by atoms with Crippen LogP contribution in [-0.2, 0) is 6.61 Å². The van der Waals surface area contributed by atoms with Crippen molar-refractivity contribution in [2.24, 2.45) is 0 Å². The summed E-state index contributed by atoms with van der Waals surface area (Å²) >= 11 is 5.11. The van der Waals surface area contributed by atoms with Crippen molar-refractivity contribution in [3.8, 4) is 17.0 Å². The van der Waals surface area contributed by atoms with Crippen molar-refractivity contribution in [2.45, 2.75) is 13.5 Å². The number of benzene rings is 2. The van der Waals surface area contributed by atoms with Gasteiger partial charge in [-0.1, -0.05) is 18.2 Å². The Kier molecular flexibility index (Phi) is 4.45. The molecule has 2 N–H and O–H groups in total. The number of anilines is 1. The number of rotatable bonds is 4. The van der Waals surface area contributed by atoms with Crippen molar-refractivity contribution >= 4 is 33.0 Å². The number of hydrogen-bond donors (Lipinski definition) is 1. The number of nitrogen functional groups attached to an aromatic ring is 1. The average molecular weight is 375 g/mol. The summed E-state index contributed by atoms with van der Waals surface area (Å²) < 4.78 is 6.79. The highest BCUT2D eigenvalue weighted by Gasteiger charge is 2.07.